The second-order valence-corrected chi connectivity index (χ2v) is 7.56. The molecule has 0 aliphatic carbocycles. The molecule has 144 valence electrons. The van der Waals surface area contributed by atoms with Gasteiger partial charge in [0.1, 0.15) is 0 Å². The normalized spacial score (nSPS) is 15.6. The molecule has 3 heteroatoms. The quantitative estimate of drug-likeness (QED) is 0.793. The van der Waals surface area contributed by atoms with E-state index in [0.29, 0.717) is 6.54 Å². The van der Waals surface area contributed by atoms with Crippen molar-refractivity contribution in [3.8, 4) is 0 Å². The molecule has 1 N–H and O–H groups in total. The summed E-state index contributed by atoms with van der Waals surface area (Å²) in [6.45, 7) is 7.98. The zero-order valence-corrected chi connectivity index (χ0v) is 16.7. The zero-order chi connectivity index (χ0) is 19.1. The fourth-order valence-corrected chi connectivity index (χ4v) is 3.93. The first-order valence-corrected chi connectivity index (χ1v) is 10.3. The topological polar surface area (TPSA) is 32.3 Å². The first-order valence-electron chi connectivity index (χ1n) is 10.3. The number of carbonyl (C=O) groups is 1. The molecule has 0 bridgehead atoms. The summed E-state index contributed by atoms with van der Waals surface area (Å²) < 4.78 is 0. The molecule has 1 saturated heterocycles. The second-order valence-electron chi connectivity index (χ2n) is 7.56. The van der Waals surface area contributed by atoms with E-state index in [4.69, 9.17) is 0 Å². The summed E-state index contributed by atoms with van der Waals surface area (Å²) >= 11 is 0. The number of nitrogens with zero attached hydrogens (tertiary/aromatic N) is 1. The molecule has 2 aromatic rings. The van der Waals surface area contributed by atoms with Gasteiger partial charge in [-0.05, 0) is 61.0 Å². The van der Waals surface area contributed by atoms with Gasteiger partial charge in [0.15, 0.2) is 0 Å². The molecular formula is C24H32N2O. The van der Waals surface area contributed by atoms with E-state index in [-0.39, 0.29) is 11.8 Å². The van der Waals surface area contributed by atoms with Crippen molar-refractivity contribution in [1.29, 1.82) is 0 Å². The number of likely N-dealkylation sites (tertiary alicyclic amines) is 1. The fourth-order valence-electron chi connectivity index (χ4n) is 3.93. The number of rotatable bonds is 7. The minimum Gasteiger partial charge on any atom is -0.352 e. The van der Waals surface area contributed by atoms with Crippen LogP contribution >= 0.6 is 0 Å². The SMILES string of the molecule is CCc1ccc(CC)c(CNC(=O)C2CCN(Cc3ccccc3)CC2)c1. The lowest BCUT2D eigenvalue weighted by molar-refractivity contribution is -0.126. The van der Waals surface area contributed by atoms with Gasteiger partial charge in [-0.25, -0.2) is 0 Å². The Hall–Kier alpha value is -2.13. The van der Waals surface area contributed by atoms with Crippen molar-refractivity contribution in [3.05, 3.63) is 70.8 Å². The van der Waals surface area contributed by atoms with E-state index in [1.54, 1.807) is 0 Å². The Labute approximate surface area is 163 Å². The minimum absolute atomic E-state index is 0.149. The monoisotopic (exact) mass is 364 g/mol. The molecule has 3 nitrogen and oxygen atoms in total. The lowest BCUT2D eigenvalue weighted by Gasteiger charge is -2.31. The van der Waals surface area contributed by atoms with E-state index >= 15 is 0 Å². The van der Waals surface area contributed by atoms with Crippen LogP contribution in [0.4, 0.5) is 0 Å². The maximum Gasteiger partial charge on any atom is 0.223 e. The Morgan fingerprint density at radius 3 is 2.37 bits per heavy atom. The summed E-state index contributed by atoms with van der Waals surface area (Å²) in [6, 6.07) is 17.3. The van der Waals surface area contributed by atoms with Crippen LogP contribution in [0.1, 0.15) is 48.9 Å². The maximum atomic E-state index is 12.7. The highest BCUT2D eigenvalue weighted by Gasteiger charge is 2.24. The van der Waals surface area contributed by atoms with E-state index in [9.17, 15) is 4.79 Å². The van der Waals surface area contributed by atoms with Gasteiger partial charge in [-0.15, -0.1) is 0 Å². The van der Waals surface area contributed by atoms with Gasteiger partial charge in [-0.3, -0.25) is 9.69 Å². The number of benzene rings is 2. The number of aryl methyl sites for hydroxylation is 2. The lowest BCUT2D eigenvalue weighted by atomic mass is 9.95. The van der Waals surface area contributed by atoms with Gasteiger partial charge in [0.05, 0.1) is 0 Å². The summed E-state index contributed by atoms with van der Waals surface area (Å²) in [4.78, 5) is 15.1. The summed E-state index contributed by atoms with van der Waals surface area (Å²) in [6.07, 6.45) is 3.94. The van der Waals surface area contributed by atoms with Gasteiger partial charge >= 0.3 is 0 Å². The summed E-state index contributed by atoms with van der Waals surface area (Å²) in [7, 11) is 0. The van der Waals surface area contributed by atoms with Crippen LogP contribution in [0.2, 0.25) is 0 Å². The Morgan fingerprint density at radius 2 is 1.70 bits per heavy atom. The molecule has 1 aliphatic rings. The van der Waals surface area contributed by atoms with Crippen LogP contribution in [0.15, 0.2) is 48.5 Å². The highest BCUT2D eigenvalue weighted by molar-refractivity contribution is 5.78. The smallest absolute Gasteiger partial charge is 0.223 e. The Kier molecular flexibility index (Phi) is 7.05. The molecule has 0 saturated carbocycles. The van der Waals surface area contributed by atoms with Crippen LogP contribution in [0.25, 0.3) is 0 Å². The van der Waals surface area contributed by atoms with Crippen LogP contribution < -0.4 is 5.32 Å². The average molecular weight is 365 g/mol. The van der Waals surface area contributed by atoms with Gasteiger partial charge < -0.3 is 5.32 Å². The molecule has 1 fully saturated rings. The van der Waals surface area contributed by atoms with Crippen molar-refractivity contribution in [2.24, 2.45) is 5.92 Å². The number of amides is 1. The molecule has 2 aromatic carbocycles. The van der Waals surface area contributed by atoms with E-state index in [2.05, 4.69) is 72.6 Å². The molecule has 0 unspecified atom stereocenters. The van der Waals surface area contributed by atoms with E-state index < -0.39 is 0 Å². The zero-order valence-electron chi connectivity index (χ0n) is 16.7. The van der Waals surface area contributed by atoms with Crippen molar-refractivity contribution in [1.82, 2.24) is 10.2 Å². The summed E-state index contributed by atoms with van der Waals surface area (Å²) in [5.41, 5.74) is 5.30. The molecule has 27 heavy (non-hydrogen) atoms. The standard InChI is InChI=1S/C24H32N2O/c1-3-19-10-11-21(4-2)23(16-19)17-25-24(27)22-12-14-26(15-13-22)18-20-8-6-5-7-9-20/h5-11,16,22H,3-4,12-15,17-18H2,1-2H3,(H,25,27). The summed E-state index contributed by atoms with van der Waals surface area (Å²) in [5, 5.41) is 3.20. The van der Waals surface area contributed by atoms with E-state index in [0.717, 1.165) is 45.3 Å². The van der Waals surface area contributed by atoms with Crippen molar-refractivity contribution >= 4 is 5.91 Å². The largest absolute Gasteiger partial charge is 0.352 e. The maximum absolute atomic E-state index is 12.7. The third-order valence-electron chi connectivity index (χ3n) is 5.72. The van der Waals surface area contributed by atoms with Gasteiger partial charge in [-0.2, -0.15) is 0 Å². The molecule has 1 amide bonds. The Morgan fingerprint density at radius 1 is 0.963 bits per heavy atom. The van der Waals surface area contributed by atoms with Crippen molar-refractivity contribution in [2.45, 2.75) is 52.6 Å². The van der Waals surface area contributed by atoms with Gasteiger partial charge in [0, 0.05) is 19.0 Å². The van der Waals surface area contributed by atoms with Gasteiger partial charge in [0.2, 0.25) is 5.91 Å². The predicted octanol–water partition coefficient (Wildman–Crippen LogP) is 4.34. The highest BCUT2D eigenvalue weighted by Crippen LogP contribution is 2.20. The van der Waals surface area contributed by atoms with Gasteiger partial charge in [0.25, 0.3) is 0 Å². The average Bonchev–Trinajstić information content (AvgIpc) is 2.73. The molecule has 1 heterocycles. The predicted molar refractivity (Wildman–Crippen MR) is 111 cm³/mol. The molecule has 3 rings (SSSR count). The third-order valence-corrected chi connectivity index (χ3v) is 5.72. The van der Waals surface area contributed by atoms with Crippen LogP contribution in [-0.4, -0.2) is 23.9 Å². The Balaban J connectivity index is 1.48. The highest BCUT2D eigenvalue weighted by atomic mass is 16.1. The first kappa shape index (κ1) is 19.6. The number of piperidine rings is 1. The molecule has 0 atom stereocenters. The van der Waals surface area contributed by atoms with Crippen LogP contribution in [0.5, 0.6) is 0 Å². The minimum atomic E-state index is 0.149. The van der Waals surface area contributed by atoms with Crippen molar-refractivity contribution in [3.63, 3.8) is 0 Å². The van der Waals surface area contributed by atoms with Crippen LogP contribution in [-0.2, 0) is 30.7 Å². The number of nitrogens with one attached hydrogen (secondary N) is 1. The van der Waals surface area contributed by atoms with Crippen LogP contribution in [0.3, 0.4) is 0 Å². The molecule has 0 radical (unpaired) electrons. The molecule has 0 aromatic heterocycles. The molecule has 0 spiro atoms. The number of hydrogen-bond donors (Lipinski definition) is 1. The van der Waals surface area contributed by atoms with E-state index in [1.807, 2.05) is 0 Å². The summed E-state index contributed by atoms with van der Waals surface area (Å²) in [5.74, 6) is 0.370. The third kappa shape index (κ3) is 5.43. The first-order chi connectivity index (χ1) is 13.2. The Bertz CT molecular complexity index is 733. The van der Waals surface area contributed by atoms with Crippen molar-refractivity contribution in [2.75, 3.05) is 13.1 Å². The lowest BCUT2D eigenvalue weighted by Crippen LogP contribution is -2.40. The van der Waals surface area contributed by atoms with Crippen molar-refractivity contribution < 1.29 is 4.79 Å². The van der Waals surface area contributed by atoms with Crippen LogP contribution in [0, 0.1) is 5.92 Å². The van der Waals surface area contributed by atoms with E-state index in [1.165, 1.54) is 22.3 Å². The van der Waals surface area contributed by atoms with Gasteiger partial charge in [-0.1, -0.05) is 62.4 Å². The second kappa shape index (κ2) is 9.70. The number of carbonyl (C=O) groups excluding carboxylic acids is 1. The number of hydrogen-bond acceptors (Lipinski definition) is 2. The molecule has 1 aliphatic heterocycles. The molecular weight excluding hydrogens is 332 g/mol. The fraction of sp³-hybridized carbons (Fsp3) is 0.458.